The summed E-state index contributed by atoms with van der Waals surface area (Å²) in [7, 11) is 0. The Bertz CT molecular complexity index is 429. The SMILES string of the molecule is CCC(CNCc1cc(Cl)cs1)NC(=O)OC(C)(C)C. The van der Waals surface area contributed by atoms with Crippen LogP contribution in [0.5, 0.6) is 0 Å². The van der Waals surface area contributed by atoms with E-state index in [9.17, 15) is 4.79 Å². The molecule has 0 bridgehead atoms. The van der Waals surface area contributed by atoms with E-state index in [1.54, 1.807) is 11.3 Å². The van der Waals surface area contributed by atoms with E-state index in [1.165, 1.54) is 4.88 Å². The van der Waals surface area contributed by atoms with Crippen LogP contribution in [0.1, 0.15) is 39.0 Å². The fourth-order valence-corrected chi connectivity index (χ4v) is 2.63. The number of halogens is 1. The predicted octanol–water partition coefficient (Wildman–Crippen LogP) is 3.79. The van der Waals surface area contributed by atoms with E-state index in [0.717, 1.165) is 18.0 Å². The molecule has 0 aromatic carbocycles. The number of nitrogens with one attached hydrogen (secondary N) is 2. The lowest BCUT2D eigenvalue weighted by Gasteiger charge is -2.23. The van der Waals surface area contributed by atoms with Gasteiger partial charge in [0.25, 0.3) is 0 Å². The molecule has 1 aromatic rings. The molecule has 1 amide bonds. The lowest BCUT2D eigenvalue weighted by Crippen LogP contribution is -2.43. The fourth-order valence-electron chi connectivity index (χ4n) is 1.59. The number of carbonyl (C=O) groups excluding carboxylic acids is 1. The summed E-state index contributed by atoms with van der Waals surface area (Å²) in [5.41, 5.74) is -0.469. The third-order valence-electron chi connectivity index (χ3n) is 2.53. The lowest BCUT2D eigenvalue weighted by atomic mass is 10.2. The van der Waals surface area contributed by atoms with Gasteiger partial charge in [0, 0.05) is 29.4 Å². The van der Waals surface area contributed by atoms with Crippen molar-refractivity contribution in [2.24, 2.45) is 0 Å². The van der Waals surface area contributed by atoms with Gasteiger partial charge in [0.15, 0.2) is 0 Å². The van der Waals surface area contributed by atoms with Crippen molar-refractivity contribution in [2.75, 3.05) is 6.54 Å². The van der Waals surface area contributed by atoms with Gasteiger partial charge in [-0.25, -0.2) is 4.79 Å². The van der Waals surface area contributed by atoms with Gasteiger partial charge in [-0.05, 0) is 33.3 Å². The highest BCUT2D eigenvalue weighted by molar-refractivity contribution is 7.10. The molecule has 0 aliphatic carbocycles. The molecule has 0 spiro atoms. The van der Waals surface area contributed by atoms with Crippen LogP contribution in [0.3, 0.4) is 0 Å². The number of alkyl carbamates (subject to hydrolysis) is 1. The smallest absolute Gasteiger partial charge is 0.407 e. The van der Waals surface area contributed by atoms with Gasteiger partial charge < -0.3 is 15.4 Å². The number of thiophene rings is 1. The van der Waals surface area contributed by atoms with Crippen LogP contribution in [0, 0.1) is 0 Å². The van der Waals surface area contributed by atoms with Crippen molar-refractivity contribution in [2.45, 2.75) is 52.3 Å². The quantitative estimate of drug-likeness (QED) is 0.839. The second-order valence-electron chi connectivity index (χ2n) is 5.61. The molecule has 1 heterocycles. The maximum Gasteiger partial charge on any atom is 0.407 e. The van der Waals surface area contributed by atoms with E-state index in [-0.39, 0.29) is 12.1 Å². The summed E-state index contributed by atoms with van der Waals surface area (Å²) in [5.74, 6) is 0. The monoisotopic (exact) mass is 318 g/mol. The molecule has 0 saturated carbocycles. The molecule has 0 aliphatic rings. The number of amides is 1. The minimum atomic E-state index is -0.469. The first-order valence-corrected chi connectivity index (χ1v) is 7.99. The molecule has 1 unspecified atom stereocenters. The van der Waals surface area contributed by atoms with Crippen LogP contribution >= 0.6 is 22.9 Å². The molecule has 0 aliphatic heterocycles. The summed E-state index contributed by atoms with van der Waals surface area (Å²) in [5, 5.41) is 8.86. The molecule has 1 rings (SSSR count). The molecule has 1 atom stereocenters. The minimum Gasteiger partial charge on any atom is -0.444 e. The number of hydrogen-bond donors (Lipinski definition) is 2. The Hall–Kier alpha value is -0.780. The Morgan fingerprint density at radius 3 is 2.70 bits per heavy atom. The maximum atomic E-state index is 11.7. The molecule has 114 valence electrons. The average Bonchev–Trinajstić information content (AvgIpc) is 2.71. The lowest BCUT2D eigenvalue weighted by molar-refractivity contribution is 0.0502. The van der Waals surface area contributed by atoms with Crippen LogP contribution < -0.4 is 10.6 Å². The number of ether oxygens (including phenoxy) is 1. The van der Waals surface area contributed by atoms with Gasteiger partial charge >= 0.3 is 6.09 Å². The van der Waals surface area contributed by atoms with Gasteiger partial charge in [0.1, 0.15) is 5.60 Å². The summed E-state index contributed by atoms with van der Waals surface area (Å²) in [4.78, 5) is 12.9. The van der Waals surface area contributed by atoms with Crippen molar-refractivity contribution in [3.05, 3.63) is 21.3 Å². The maximum absolute atomic E-state index is 11.7. The van der Waals surface area contributed by atoms with Crippen LogP contribution in [-0.4, -0.2) is 24.3 Å². The van der Waals surface area contributed by atoms with Crippen LogP contribution in [0.25, 0.3) is 0 Å². The molecule has 0 radical (unpaired) electrons. The summed E-state index contributed by atoms with van der Waals surface area (Å²) in [6.45, 7) is 9.05. The first-order chi connectivity index (χ1) is 9.30. The van der Waals surface area contributed by atoms with Crippen molar-refractivity contribution in [3.8, 4) is 0 Å². The van der Waals surface area contributed by atoms with Crippen molar-refractivity contribution in [1.82, 2.24) is 10.6 Å². The topological polar surface area (TPSA) is 50.4 Å². The Morgan fingerprint density at radius 1 is 1.50 bits per heavy atom. The normalized spacial score (nSPS) is 13.1. The number of hydrogen-bond acceptors (Lipinski definition) is 4. The zero-order valence-electron chi connectivity index (χ0n) is 12.5. The minimum absolute atomic E-state index is 0.0558. The first-order valence-electron chi connectivity index (χ1n) is 6.73. The van der Waals surface area contributed by atoms with Gasteiger partial charge in [-0.1, -0.05) is 18.5 Å². The molecule has 0 fully saturated rings. The van der Waals surface area contributed by atoms with Gasteiger partial charge in [0.05, 0.1) is 5.02 Å². The molecule has 20 heavy (non-hydrogen) atoms. The summed E-state index contributed by atoms with van der Waals surface area (Å²) >= 11 is 7.49. The zero-order valence-corrected chi connectivity index (χ0v) is 14.0. The van der Waals surface area contributed by atoms with Crippen LogP contribution in [-0.2, 0) is 11.3 Å². The standard InChI is InChI=1S/C14H23ClN2O2S/c1-5-11(17-13(18)19-14(2,3)4)7-16-8-12-6-10(15)9-20-12/h6,9,11,16H,5,7-8H2,1-4H3,(H,17,18). The largest absolute Gasteiger partial charge is 0.444 e. The van der Waals surface area contributed by atoms with Gasteiger partial charge in [-0.2, -0.15) is 0 Å². The van der Waals surface area contributed by atoms with Crippen molar-refractivity contribution in [3.63, 3.8) is 0 Å². The molecule has 4 nitrogen and oxygen atoms in total. The van der Waals surface area contributed by atoms with E-state index in [4.69, 9.17) is 16.3 Å². The van der Waals surface area contributed by atoms with Crippen molar-refractivity contribution < 1.29 is 9.53 Å². The summed E-state index contributed by atoms with van der Waals surface area (Å²) in [6, 6.07) is 2.00. The first kappa shape index (κ1) is 17.3. The van der Waals surface area contributed by atoms with E-state index < -0.39 is 5.60 Å². The van der Waals surface area contributed by atoms with E-state index in [2.05, 4.69) is 10.6 Å². The van der Waals surface area contributed by atoms with E-state index in [1.807, 2.05) is 39.1 Å². The second kappa shape index (κ2) is 7.86. The summed E-state index contributed by atoms with van der Waals surface area (Å²) in [6.07, 6.45) is 0.475. The third-order valence-corrected chi connectivity index (χ3v) is 3.81. The Labute approximate surface area is 129 Å². The molecule has 2 N–H and O–H groups in total. The van der Waals surface area contributed by atoms with Crippen LogP contribution in [0.15, 0.2) is 11.4 Å². The third kappa shape index (κ3) is 7.12. The number of carbonyl (C=O) groups is 1. The van der Waals surface area contributed by atoms with Crippen molar-refractivity contribution in [1.29, 1.82) is 0 Å². The van der Waals surface area contributed by atoms with Crippen molar-refractivity contribution >= 4 is 29.0 Å². The second-order valence-corrected chi connectivity index (χ2v) is 7.05. The van der Waals surface area contributed by atoms with Crippen LogP contribution in [0.2, 0.25) is 5.02 Å². The Kier molecular flexibility index (Phi) is 6.79. The fraction of sp³-hybridized carbons (Fsp3) is 0.643. The molecular formula is C14H23ClN2O2S. The Balaban J connectivity index is 2.30. The van der Waals surface area contributed by atoms with Gasteiger partial charge in [-0.3, -0.25) is 0 Å². The molecule has 6 heteroatoms. The van der Waals surface area contributed by atoms with E-state index in [0.29, 0.717) is 6.54 Å². The zero-order chi connectivity index (χ0) is 15.2. The van der Waals surface area contributed by atoms with E-state index >= 15 is 0 Å². The average molecular weight is 319 g/mol. The predicted molar refractivity (Wildman–Crippen MR) is 84.5 cm³/mol. The van der Waals surface area contributed by atoms with Gasteiger partial charge in [-0.15, -0.1) is 11.3 Å². The highest BCUT2D eigenvalue weighted by Crippen LogP contribution is 2.18. The van der Waals surface area contributed by atoms with Gasteiger partial charge in [0.2, 0.25) is 0 Å². The number of rotatable bonds is 6. The summed E-state index contributed by atoms with van der Waals surface area (Å²) < 4.78 is 5.24. The molecule has 1 aromatic heterocycles. The highest BCUT2D eigenvalue weighted by Gasteiger charge is 2.18. The molecular weight excluding hydrogens is 296 g/mol. The Morgan fingerprint density at radius 2 is 2.20 bits per heavy atom. The van der Waals surface area contributed by atoms with Crippen LogP contribution in [0.4, 0.5) is 4.79 Å². The molecule has 0 saturated heterocycles. The highest BCUT2D eigenvalue weighted by atomic mass is 35.5.